The van der Waals surface area contributed by atoms with Crippen molar-refractivity contribution in [1.82, 2.24) is 0 Å². The fourth-order valence-corrected chi connectivity index (χ4v) is 8.27. The monoisotopic (exact) mass is 646 g/mol. The average Bonchev–Trinajstić information content (AvgIpc) is 3.20. The van der Waals surface area contributed by atoms with E-state index in [4.69, 9.17) is 4.74 Å². The Morgan fingerprint density at radius 2 is 0.843 bits per heavy atom. The molecular weight excluding hydrogens is 617 g/mol. The van der Waals surface area contributed by atoms with Crippen LogP contribution in [0, 0.1) is 0 Å². The molecular formula is C50H30O. The van der Waals surface area contributed by atoms with Gasteiger partial charge in [-0.15, -0.1) is 0 Å². The topological polar surface area (TPSA) is 9.23 Å². The normalized spacial score (nSPS) is 12.1. The van der Waals surface area contributed by atoms with Gasteiger partial charge >= 0.3 is 0 Å². The van der Waals surface area contributed by atoms with E-state index < -0.39 is 0 Å². The Kier molecular flexibility index (Phi) is 6.02. The van der Waals surface area contributed by atoms with Crippen molar-refractivity contribution in [1.29, 1.82) is 0 Å². The molecule has 1 nitrogen and oxygen atoms in total. The largest absolute Gasteiger partial charge is 0.455 e. The van der Waals surface area contributed by atoms with Gasteiger partial charge in [0.15, 0.2) is 0 Å². The van der Waals surface area contributed by atoms with Gasteiger partial charge in [-0.3, -0.25) is 0 Å². The molecule has 0 amide bonds. The summed E-state index contributed by atoms with van der Waals surface area (Å²) in [6.07, 6.45) is 0. The first kappa shape index (κ1) is 28.2. The van der Waals surface area contributed by atoms with E-state index in [0.29, 0.717) is 0 Å². The molecule has 10 aromatic carbocycles. The van der Waals surface area contributed by atoms with Crippen LogP contribution in [-0.2, 0) is 0 Å². The van der Waals surface area contributed by atoms with Crippen LogP contribution >= 0.6 is 0 Å². The second-order valence-electron chi connectivity index (χ2n) is 13.7. The highest BCUT2D eigenvalue weighted by molar-refractivity contribution is 6.17. The van der Waals surface area contributed by atoms with E-state index in [1.54, 1.807) is 0 Å². The molecule has 236 valence electrons. The maximum absolute atomic E-state index is 6.91. The SMILES string of the molecule is c1ccc(-c2ccc3cc4c5c(cccc5c3c2)-c2cccc(-c3ccc5cc(-c6ccc7c(ccc8ccccc87)c6)ccc5c3)c2O4)cc1. The van der Waals surface area contributed by atoms with Crippen molar-refractivity contribution >= 4 is 53.9 Å². The van der Waals surface area contributed by atoms with Crippen LogP contribution in [0.5, 0.6) is 11.5 Å². The van der Waals surface area contributed by atoms with E-state index in [1.165, 1.54) is 81.7 Å². The maximum Gasteiger partial charge on any atom is 0.143 e. The van der Waals surface area contributed by atoms with Crippen LogP contribution < -0.4 is 4.74 Å². The van der Waals surface area contributed by atoms with Gasteiger partial charge in [0.05, 0.1) is 0 Å². The molecule has 0 fully saturated rings. The Labute approximate surface area is 295 Å². The zero-order chi connectivity index (χ0) is 33.5. The lowest BCUT2D eigenvalue weighted by atomic mass is 9.88. The van der Waals surface area contributed by atoms with Crippen LogP contribution in [0.3, 0.4) is 0 Å². The molecule has 0 aliphatic carbocycles. The number of rotatable bonds is 3. The van der Waals surface area contributed by atoms with Gasteiger partial charge in [-0.2, -0.15) is 0 Å². The summed E-state index contributed by atoms with van der Waals surface area (Å²) in [4.78, 5) is 0. The highest BCUT2D eigenvalue weighted by Crippen LogP contribution is 2.52. The summed E-state index contributed by atoms with van der Waals surface area (Å²) in [5.74, 6) is 1.83. The molecule has 0 saturated heterocycles. The number of para-hydroxylation sites is 1. The summed E-state index contributed by atoms with van der Waals surface area (Å²) in [5, 5.41) is 12.4. The molecule has 0 spiro atoms. The second kappa shape index (κ2) is 10.9. The van der Waals surface area contributed by atoms with Crippen LogP contribution in [0.2, 0.25) is 0 Å². The highest BCUT2D eigenvalue weighted by Gasteiger charge is 2.24. The number of benzene rings is 10. The predicted molar refractivity (Wildman–Crippen MR) is 216 cm³/mol. The smallest absolute Gasteiger partial charge is 0.143 e. The third-order valence-electron chi connectivity index (χ3n) is 10.8. The molecule has 1 heteroatoms. The summed E-state index contributed by atoms with van der Waals surface area (Å²) in [6, 6.07) is 66.3. The fraction of sp³-hybridized carbons (Fsp3) is 0. The molecule has 10 aromatic rings. The lowest BCUT2D eigenvalue weighted by molar-refractivity contribution is 0.489. The summed E-state index contributed by atoms with van der Waals surface area (Å²) in [6.45, 7) is 0. The Hall–Kier alpha value is -6.70. The number of fused-ring (bicyclic) bond motifs is 8. The van der Waals surface area contributed by atoms with Crippen molar-refractivity contribution in [2.75, 3.05) is 0 Å². The number of hydrogen-bond donors (Lipinski definition) is 0. The molecule has 11 rings (SSSR count). The summed E-state index contributed by atoms with van der Waals surface area (Å²) in [7, 11) is 0. The van der Waals surface area contributed by atoms with Crippen LogP contribution in [0.1, 0.15) is 0 Å². The summed E-state index contributed by atoms with van der Waals surface area (Å²) in [5.41, 5.74) is 9.48. The predicted octanol–water partition coefficient (Wildman–Crippen LogP) is 14.2. The zero-order valence-corrected chi connectivity index (χ0v) is 27.7. The van der Waals surface area contributed by atoms with Crippen molar-refractivity contribution in [3.8, 4) is 56.0 Å². The van der Waals surface area contributed by atoms with E-state index in [0.717, 1.165) is 28.2 Å². The Bertz CT molecular complexity index is 3040. The van der Waals surface area contributed by atoms with E-state index in [9.17, 15) is 0 Å². The first-order valence-corrected chi connectivity index (χ1v) is 17.6. The number of ether oxygens (including phenoxy) is 1. The van der Waals surface area contributed by atoms with Crippen molar-refractivity contribution < 1.29 is 4.74 Å². The molecule has 1 aliphatic heterocycles. The molecule has 0 radical (unpaired) electrons. The van der Waals surface area contributed by atoms with Crippen LogP contribution in [0.4, 0.5) is 0 Å². The molecule has 0 bridgehead atoms. The minimum absolute atomic E-state index is 0.911. The molecule has 0 N–H and O–H groups in total. The first-order valence-electron chi connectivity index (χ1n) is 17.6. The fourth-order valence-electron chi connectivity index (χ4n) is 8.27. The molecule has 1 aliphatic rings. The van der Waals surface area contributed by atoms with Gasteiger partial charge in [-0.05, 0) is 112 Å². The quantitative estimate of drug-likeness (QED) is 0.174. The van der Waals surface area contributed by atoms with Crippen LogP contribution in [-0.4, -0.2) is 0 Å². The Balaban J connectivity index is 0.991. The van der Waals surface area contributed by atoms with Crippen LogP contribution in [0.15, 0.2) is 182 Å². The summed E-state index contributed by atoms with van der Waals surface area (Å²) >= 11 is 0. The molecule has 0 saturated carbocycles. The van der Waals surface area contributed by atoms with Gasteiger partial charge in [0.1, 0.15) is 11.5 Å². The number of hydrogen-bond acceptors (Lipinski definition) is 1. The summed E-state index contributed by atoms with van der Waals surface area (Å²) < 4.78 is 6.91. The third kappa shape index (κ3) is 4.42. The average molecular weight is 647 g/mol. The van der Waals surface area contributed by atoms with Gasteiger partial charge in [0.25, 0.3) is 0 Å². The van der Waals surface area contributed by atoms with E-state index in [1.807, 2.05) is 0 Å². The van der Waals surface area contributed by atoms with Crippen LogP contribution in [0.25, 0.3) is 98.4 Å². The highest BCUT2D eigenvalue weighted by atomic mass is 16.5. The van der Waals surface area contributed by atoms with E-state index >= 15 is 0 Å². The van der Waals surface area contributed by atoms with E-state index in [-0.39, 0.29) is 0 Å². The molecule has 51 heavy (non-hydrogen) atoms. The minimum atomic E-state index is 0.911. The minimum Gasteiger partial charge on any atom is -0.455 e. The molecule has 0 atom stereocenters. The third-order valence-corrected chi connectivity index (χ3v) is 10.8. The van der Waals surface area contributed by atoms with E-state index in [2.05, 4.69) is 182 Å². The molecule has 0 unspecified atom stereocenters. The van der Waals surface area contributed by atoms with Gasteiger partial charge in [-0.1, -0.05) is 152 Å². The van der Waals surface area contributed by atoms with Crippen molar-refractivity contribution in [2.45, 2.75) is 0 Å². The van der Waals surface area contributed by atoms with Crippen molar-refractivity contribution in [3.05, 3.63) is 182 Å². The lowest BCUT2D eigenvalue weighted by Crippen LogP contribution is -1.99. The standard InChI is InChI=1S/C50H30O/c1-2-8-31(9-3-1)37-20-23-40-30-48-49-44(13-7-14-45(49)47(40)29-37)46-15-6-12-43(50(46)51-48)39-22-19-34-26-33(17-18-35(34)28-39)36-24-25-42-38(27-36)21-16-32-10-4-5-11-41(32)42/h1-30H. The van der Waals surface area contributed by atoms with Gasteiger partial charge in [0.2, 0.25) is 0 Å². The lowest BCUT2D eigenvalue weighted by Gasteiger charge is -2.25. The maximum atomic E-state index is 6.91. The second-order valence-corrected chi connectivity index (χ2v) is 13.7. The van der Waals surface area contributed by atoms with Gasteiger partial charge < -0.3 is 4.74 Å². The Morgan fingerprint density at radius 3 is 1.73 bits per heavy atom. The van der Waals surface area contributed by atoms with Crippen molar-refractivity contribution in [2.24, 2.45) is 0 Å². The molecule has 0 aromatic heterocycles. The van der Waals surface area contributed by atoms with Gasteiger partial charge in [0, 0.05) is 16.5 Å². The first-order chi connectivity index (χ1) is 25.2. The zero-order valence-electron chi connectivity index (χ0n) is 27.7. The molecule has 1 heterocycles. The Morgan fingerprint density at radius 1 is 0.275 bits per heavy atom. The van der Waals surface area contributed by atoms with Gasteiger partial charge in [-0.25, -0.2) is 0 Å². The van der Waals surface area contributed by atoms with Crippen molar-refractivity contribution in [3.63, 3.8) is 0 Å².